The van der Waals surface area contributed by atoms with Crippen LogP contribution in [0.3, 0.4) is 0 Å². The summed E-state index contributed by atoms with van der Waals surface area (Å²) in [5, 5.41) is 18.1. The van der Waals surface area contributed by atoms with Gasteiger partial charge in [-0.25, -0.2) is 0 Å². The molecule has 0 amide bonds. The third-order valence-corrected chi connectivity index (χ3v) is 5.86. The van der Waals surface area contributed by atoms with Crippen LogP contribution in [0, 0.1) is 0 Å². The molecular formula is C23H29N3O3S. The van der Waals surface area contributed by atoms with Gasteiger partial charge in [-0.3, -0.25) is 4.99 Å². The van der Waals surface area contributed by atoms with Crippen molar-refractivity contribution in [1.29, 1.82) is 0 Å². The highest BCUT2D eigenvalue weighted by Gasteiger charge is 2.12. The number of ether oxygens (including phenoxy) is 2. The molecule has 6 nitrogen and oxygen atoms in total. The predicted octanol–water partition coefficient (Wildman–Crippen LogP) is 3.72. The molecule has 0 aliphatic heterocycles. The average molecular weight is 428 g/mol. The van der Waals surface area contributed by atoms with Gasteiger partial charge < -0.3 is 25.2 Å². The second-order valence-corrected chi connectivity index (χ2v) is 7.95. The van der Waals surface area contributed by atoms with Crippen molar-refractivity contribution >= 4 is 27.4 Å². The topological polar surface area (TPSA) is 75.1 Å². The summed E-state index contributed by atoms with van der Waals surface area (Å²) < 4.78 is 12.0. The van der Waals surface area contributed by atoms with Crippen molar-refractivity contribution < 1.29 is 14.6 Å². The van der Waals surface area contributed by atoms with Crippen LogP contribution in [0.25, 0.3) is 10.1 Å². The first-order valence-electron chi connectivity index (χ1n) is 10.0. The van der Waals surface area contributed by atoms with Crippen LogP contribution >= 0.6 is 11.3 Å². The van der Waals surface area contributed by atoms with E-state index < -0.39 is 6.10 Å². The summed E-state index contributed by atoms with van der Waals surface area (Å²) in [6, 6.07) is 18.1. The van der Waals surface area contributed by atoms with E-state index in [2.05, 4.69) is 27.8 Å². The lowest BCUT2D eigenvalue weighted by molar-refractivity contribution is 0.119. The number of rotatable bonds is 10. The van der Waals surface area contributed by atoms with Crippen LogP contribution in [-0.4, -0.2) is 44.9 Å². The number of aliphatic imine (C=N–C) groups is 1. The molecule has 3 aromatic rings. The summed E-state index contributed by atoms with van der Waals surface area (Å²) in [6.07, 6.45) is 0.282. The molecule has 0 bridgehead atoms. The van der Waals surface area contributed by atoms with Gasteiger partial charge in [-0.05, 0) is 41.6 Å². The zero-order valence-electron chi connectivity index (χ0n) is 17.4. The Labute approximate surface area is 181 Å². The number of benzene rings is 2. The molecule has 0 aliphatic rings. The van der Waals surface area contributed by atoms with E-state index in [4.69, 9.17) is 9.47 Å². The fraction of sp³-hybridized carbons (Fsp3) is 0.348. The first-order valence-corrected chi connectivity index (χ1v) is 10.8. The maximum Gasteiger partial charge on any atom is 0.191 e. The summed E-state index contributed by atoms with van der Waals surface area (Å²) in [4.78, 5) is 5.16. The van der Waals surface area contributed by atoms with E-state index in [0.29, 0.717) is 25.7 Å². The van der Waals surface area contributed by atoms with Crippen molar-refractivity contribution in [3.05, 3.63) is 65.0 Å². The molecule has 160 valence electrons. The van der Waals surface area contributed by atoms with Gasteiger partial charge in [-0.1, -0.05) is 30.3 Å². The molecule has 0 aliphatic carbocycles. The molecule has 0 fully saturated rings. The van der Waals surface area contributed by atoms with E-state index in [1.165, 1.54) is 4.70 Å². The van der Waals surface area contributed by atoms with Crippen LogP contribution in [-0.2, 0) is 11.3 Å². The molecule has 1 unspecified atom stereocenters. The van der Waals surface area contributed by atoms with Gasteiger partial charge in [0.05, 0.1) is 13.7 Å². The molecule has 0 saturated heterocycles. The van der Waals surface area contributed by atoms with E-state index in [1.54, 1.807) is 25.5 Å². The largest absolute Gasteiger partial charge is 0.497 e. The van der Waals surface area contributed by atoms with E-state index in [9.17, 15) is 5.11 Å². The van der Waals surface area contributed by atoms with Gasteiger partial charge in [-0.15, -0.1) is 11.3 Å². The number of hydrogen-bond acceptors (Lipinski definition) is 5. The van der Waals surface area contributed by atoms with Crippen molar-refractivity contribution in [1.82, 2.24) is 10.6 Å². The highest BCUT2D eigenvalue weighted by molar-refractivity contribution is 7.19. The number of methoxy groups -OCH3 is 1. The number of nitrogens with zero attached hydrogens (tertiary/aromatic N) is 1. The van der Waals surface area contributed by atoms with E-state index in [-0.39, 0.29) is 0 Å². The van der Waals surface area contributed by atoms with Crippen molar-refractivity contribution in [2.24, 2.45) is 4.99 Å². The zero-order chi connectivity index (χ0) is 21.2. The molecule has 1 atom stereocenters. The van der Waals surface area contributed by atoms with Gasteiger partial charge in [0, 0.05) is 36.3 Å². The number of fused-ring (bicyclic) bond motifs is 1. The number of nitrogens with one attached hydrogen (secondary N) is 2. The summed E-state index contributed by atoms with van der Waals surface area (Å²) in [6.45, 7) is 2.38. The third kappa shape index (κ3) is 6.45. The fourth-order valence-corrected chi connectivity index (χ4v) is 4.02. The summed E-state index contributed by atoms with van der Waals surface area (Å²) in [5.41, 5.74) is 1.12. The number of guanidine groups is 1. The predicted molar refractivity (Wildman–Crippen MR) is 123 cm³/mol. The molecule has 1 aromatic heterocycles. The van der Waals surface area contributed by atoms with Crippen LogP contribution in [0.2, 0.25) is 0 Å². The maximum atomic E-state index is 10.5. The smallest absolute Gasteiger partial charge is 0.191 e. The van der Waals surface area contributed by atoms with Gasteiger partial charge >= 0.3 is 0 Å². The molecule has 7 heteroatoms. The standard InChI is InChI=1S/C23H29N3O3S/c1-24-23(25-12-5-13-29-16-17-8-10-19(28-2)11-9-17)26-15-20(27)22-14-18-6-3-4-7-21(18)30-22/h3-4,6-11,14,20,27H,5,12-13,15-16H2,1-2H3,(H2,24,25,26). The summed E-state index contributed by atoms with van der Waals surface area (Å²) in [5.74, 6) is 1.52. The van der Waals surface area contributed by atoms with Crippen LogP contribution < -0.4 is 15.4 Å². The Kier molecular flexibility index (Phi) is 8.50. The highest BCUT2D eigenvalue weighted by atomic mass is 32.1. The second-order valence-electron chi connectivity index (χ2n) is 6.84. The fourth-order valence-electron chi connectivity index (χ4n) is 2.97. The first kappa shape index (κ1) is 22.1. The van der Waals surface area contributed by atoms with Crippen molar-refractivity contribution in [3.8, 4) is 5.75 Å². The minimum absolute atomic E-state index is 0.403. The van der Waals surface area contributed by atoms with Crippen molar-refractivity contribution in [3.63, 3.8) is 0 Å². The lowest BCUT2D eigenvalue weighted by Crippen LogP contribution is -2.39. The van der Waals surface area contributed by atoms with Gasteiger partial charge in [0.1, 0.15) is 11.9 Å². The minimum atomic E-state index is -0.575. The van der Waals surface area contributed by atoms with Crippen LogP contribution in [0.4, 0.5) is 0 Å². The van der Waals surface area contributed by atoms with Crippen LogP contribution in [0.5, 0.6) is 5.75 Å². The molecule has 0 saturated carbocycles. The monoisotopic (exact) mass is 427 g/mol. The lowest BCUT2D eigenvalue weighted by atomic mass is 10.2. The minimum Gasteiger partial charge on any atom is -0.497 e. The van der Waals surface area contributed by atoms with E-state index >= 15 is 0 Å². The number of aliphatic hydroxyl groups is 1. The Morgan fingerprint density at radius 1 is 1.13 bits per heavy atom. The molecule has 1 heterocycles. The average Bonchev–Trinajstić information content (AvgIpc) is 3.23. The summed E-state index contributed by atoms with van der Waals surface area (Å²) in [7, 11) is 3.38. The molecule has 3 N–H and O–H groups in total. The lowest BCUT2D eigenvalue weighted by Gasteiger charge is -2.14. The number of thiophene rings is 1. The zero-order valence-corrected chi connectivity index (χ0v) is 18.2. The van der Waals surface area contributed by atoms with Crippen LogP contribution in [0.15, 0.2) is 59.6 Å². The number of hydrogen-bond donors (Lipinski definition) is 3. The normalized spacial score (nSPS) is 12.7. The van der Waals surface area contributed by atoms with Gasteiger partial charge in [0.2, 0.25) is 0 Å². The van der Waals surface area contributed by atoms with Gasteiger partial charge in [0.25, 0.3) is 0 Å². The van der Waals surface area contributed by atoms with E-state index in [1.807, 2.05) is 42.5 Å². The Morgan fingerprint density at radius 3 is 2.67 bits per heavy atom. The molecule has 3 rings (SSSR count). The Hall–Kier alpha value is -2.61. The van der Waals surface area contributed by atoms with Gasteiger partial charge in [0.15, 0.2) is 5.96 Å². The molecular weight excluding hydrogens is 398 g/mol. The molecule has 2 aromatic carbocycles. The first-order chi connectivity index (χ1) is 14.7. The Balaban J connectivity index is 1.32. The quantitative estimate of drug-likeness (QED) is 0.261. The Morgan fingerprint density at radius 2 is 1.93 bits per heavy atom. The Bertz CT molecular complexity index is 907. The van der Waals surface area contributed by atoms with Gasteiger partial charge in [-0.2, -0.15) is 0 Å². The van der Waals surface area contributed by atoms with Crippen molar-refractivity contribution in [2.45, 2.75) is 19.1 Å². The van der Waals surface area contributed by atoms with Crippen LogP contribution in [0.1, 0.15) is 23.0 Å². The summed E-state index contributed by atoms with van der Waals surface area (Å²) >= 11 is 1.62. The molecule has 0 spiro atoms. The highest BCUT2D eigenvalue weighted by Crippen LogP contribution is 2.29. The van der Waals surface area contributed by atoms with E-state index in [0.717, 1.165) is 34.5 Å². The molecule has 0 radical (unpaired) electrons. The molecule has 30 heavy (non-hydrogen) atoms. The third-order valence-electron chi connectivity index (χ3n) is 4.65. The SMILES string of the molecule is CN=C(NCCCOCc1ccc(OC)cc1)NCC(O)c1cc2ccccc2s1. The number of aliphatic hydroxyl groups excluding tert-OH is 1. The maximum absolute atomic E-state index is 10.5. The van der Waals surface area contributed by atoms with Crippen molar-refractivity contribution in [2.75, 3.05) is 33.9 Å². The second kappa shape index (κ2) is 11.5.